The minimum atomic E-state index is -0.246. The zero-order valence-corrected chi connectivity index (χ0v) is 13.2. The highest BCUT2D eigenvalue weighted by molar-refractivity contribution is 5.83. The van der Waals surface area contributed by atoms with Crippen molar-refractivity contribution in [2.45, 2.75) is 44.6 Å². The normalized spacial score (nSPS) is 26.9. The Morgan fingerprint density at radius 3 is 2.82 bits per heavy atom. The Morgan fingerprint density at radius 2 is 2.09 bits per heavy atom. The van der Waals surface area contributed by atoms with E-state index in [0.717, 1.165) is 57.0 Å². The van der Waals surface area contributed by atoms with Gasteiger partial charge in [0.25, 0.3) is 0 Å². The van der Waals surface area contributed by atoms with E-state index in [4.69, 9.17) is 15.5 Å². The number of amides is 1. The number of nitrogens with zero attached hydrogens (tertiary/aromatic N) is 2. The first-order valence-corrected chi connectivity index (χ1v) is 8.26. The van der Waals surface area contributed by atoms with E-state index < -0.39 is 0 Å². The van der Waals surface area contributed by atoms with Gasteiger partial charge in [-0.2, -0.15) is 0 Å². The maximum absolute atomic E-state index is 11.8. The lowest BCUT2D eigenvalue weighted by Gasteiger charge is -2.37. The number of nitrogens with two attached hydrogens (primary N) is 1. The summed E-state index contributed by atoms with van der Waals surface area (Å²) in [6, 6.07) is 5.89. The van der Waals surface area contributed by atoms with Crippen LogP contribution in [0.4, 0.5) is 5.82 Å². The van der Waals surface area contributed by atoms with Gasteiger partial charge in [-0.05, 0) is 43.7 Å². The van der Waals surface area contributed by atoms with Gasteiger partial charge in [0, 0.05) is 31.4 Å². The molecule has 0 radical (unpaired) electrons. The summed E-state index contributed by atoms with van der Waals surface area (Å²) in [7, 11) is 0. The minimum Gasteiger partial charge on any atom is -0.381 e. The second-order valence-corrected chi connectivity index (χ2v) is 6.55. The van der Waals surface area contributed by atoms with Gasteiger partial charge in [-0.25, -0.2) is 4.98 Å². The topological polar surface area (TPSA) is 68.4 Å². The van der Waals surface area contributed by atoms with E-state index in [9.17, 15) is 4.79 Å². The molecule has 1 amide bonds. The van der Waals surface area contributed by atoms with Gasteiger partial charge in [-0.3, -0.25) is 4.79 Å². The summed E-state index contributed by atoms with van der Waals surface area (Å²) >= 11 is 0. The average molecular weight is 303 g/mol. The van der Waals surface area contributed by atoms with Crippen molar-refractivity contribution in [3.63, 3.8) is 0 Å². The fraction of sp³-hybridized carbons (Fsp3) is 0.647. The number of primary amides is 1. The van der Waals surface area contributed by atoms with Crippen LogP contribution in [0.5, 0.6) is 0 Å². The molecular formula is C17H25N3O2. The van der Waals surface area contributed by atoms with Crippen molar-refractivity contribution < 1.29 is 9.53 Å². The number of aromatic nitrogens is 1. The van der Waals surface area contributed by atoms with Crippen LogP contribution < -0.4 is 10.6 Å². The van der Waals surface area contributed by atoms with Crippen LogP contribution in [0.25, 0.3) is 0 Å². The standard InChI is InChI=1S/C17H25N3O2/c1-12-5-8-20(15(11-12)17(18)21)16-4-2-3-14(19-16)13-6-9-22-10-7-13/h2-4,12-13,15H,5-11H2,1H3,(H2,18,21). The van der Waals surface area contributed by atoms with E-state index in [1.165, 1.54) is 0 Å². The van der Waals surface area contributed by atoms with Crippen molar-refractivity contribution in [2.75, 3.05) is 24.7 Å². The predicted octanol–water partition coefficient (Wildman–Crippen LogP) is 2.07. The summed E-state index contributed by atoms with van der Waals surface area (Å²) < 4.78 is 5.43. The van der Waals surface area contributed by atoms with E-state index in [-0.39, 0.29) is 11.9 Å². The monoisotopic (exact) mass is 303 g/mol. The molecule has 0 bridgehead atoms. The molecule has 120 valence electrons. The lowest BCUT2D eigenvalue weighted by atomic mass is 9.92. The molecule has 0 saturated carbocycles. The third-order valence-corrected chi connectivity index (χ3v) is 4.88. The highest BCUT2D eigenvalue weighted by Crippen LogP contribution is 2.30. The van der Waals surface area contributed by atoms with Crippen LogP contribution in [-0.2, 0) is 9.53 Å². The minimum absolute atomic E-state index is 0.235. The highest BCUT2D eigenvalue weighted by Gasteiger charge is 2.31. The van der Waals surface area contributed by atoms with Gasteiger partial charge in [-0.1, -0.05) is 13.0 Å². The van der Waals surface area contributed by atoms with Gasteiger partial charge in [0.1, 0.15) is 11.9 Å². The quantitative estimate of drug-likeness (QED) is 0.928. The van der Waals surface area contributed by atoms with Gasteiger partial charge in [0.15, 0.2) is 0 Å². The number of pyridine rings is 1. The number of anilines is 1. The molecule has 1 aromatic heterocycles. The Kier molecular flexibility index (Phi) is 4.62. The Hall–Kier alpha value is -1.62. The predicted molar refractivity (Wildman–Crippen MR) is 85.8 cm³/mol. The summed E-state index contributed by atoms with van der Waals surface area (Å²) in [6.07, 6.45) is 3.94. The van der Waals surface area contributed by atoms with Crippen LogP contribution in [-0.4, -0.2) is 36.7 Å². The van der Waals surface area contributed by atoms with Crippen LogP contribution in [0.15, 0.2) is 18.2 Å². The van der Waals surface area contributed by atoms with Crippen molar-refractivity contribution in [1.29, 1.82) is 0 Å². The molecule has 2 aliphatic rings. The van der Waals surface area contributed by atoms with E-state index >= 15 is 0 Å². The van der Waals surface area contributed by atoms with Crippen LogP contribution >= 0.6 is 0 Å². The zero-order chi connectivity index (χ0) is 15.5. The van der Waals surface area contributed by atoms with Crippen LogP contribution in [0.2, 0.25) is 0 Å². The van der Waals surface area contributed by atoms with Gasteiger partial charge in [0.05, 0.1) is 0 Å². The van der Waals surface area contributed by atoms with E-state index in [0.29, 0.717) is 11.8 Å². The Labute approximate surface area is 131 Å². The van der Waals surface area contributed by atoms with Crippen LogP contribution in [0.3, 0.4) is 0 Å². The molecule has 2 unspecified atom stereocenters. The van der Waals surface area contributed by atoms with Crippen molar-refractivity contribution in [3.8, 4) is 0 Å². The Balaban J connectivity index is 1.82. The van der Waals surface area contributed by atoms with Crippen molar-refractivity contribution in [2.24, 2.45) is 11.7 Å². The van der Waals surface area contributed by atoms with E-state index in [1.807, 2.05) is 12.1 Å². The number of hydrogen-bond acceptors (Lipinski definition) is 4. The largest absolute Gasteiger partial charge is 0.381 e. The fourth-order valence-corrected chi connectivity index (χ4v) is 3.51. The number of ether oxygens (including phenoxy) is 1. The third-order valence-electron chi connectivity index (χ3n) is 4.88. The number of carbonyl (C=O) groups excluding carboxylic acids is 1. The number of hydrogen-bond donors (Lipinski definition) is 1. The third kappa shape index (κ3) is 3.24. The maximum Gasteiger partial charge on any atom is 0.240 e. The summed E-state index contributed by atoms with van der Waals surface area (Å²) in [5.41, 5.74) is 6.73. The molecule has 0 aliphatic carbocycles. The molecule has 22 heavy (non-hydrogen) atoms. The molecule has 2 N–H and O–H groups in total. The molecule has 1 aromatic rings. The summed E-state index contributed by atoms with van der Waals surface area (Å²) in [5, 5.41) is 0. The van der Waals surface area contributed by atoms with E-state index in [1.54, 1.807) is 0 Å². The molecule has 0 aromatic carbocycles. The van der Waals surface area contributed by atoms with Crippen molar-refractivity contribution in [1.82, 2.24) is 4.98 Å². The Morgan fingerprint density at radius 1 is 1.32 bits per heavy atom. The van der Waals surface area contributed by atoms with Gasteiger partial charge in [-0.15, -0.1) is 0 Å². The van der Waals surface area contributed by atoms with Gasteiger partial charge in [0.2, 0.25) is 5.91 Å². The molecule has 0 spiro atoms. The Bertz CT molecular complexity index is 528. The second-order valence-electron chi connectivity index (χ2n) is 6.55. The number of rotatable bonds is 3. The molecule has 5 nitrogen and oxygen atoms in total. The van der Waals surface area contributed by atoms with Crippen LogP contribution in [0, 0.1) is 5.92 Å². The molecule has 2 aliphatic heterocycles. The molecule has 5 heteroatoms. The van der Waals surface area contributed by atoms with Crippen molar-refractivity contribution >= 4 is 11.7 Å². The zero-order valence-electron chi connectivity index (χ0n) is 13.2. The second kappa shape index (κ2) is 6.65. The lowest BCUT2D eigenvalue weighted by Crippen LogP contribution is -2.50. The van der Waals surface area contributed by atoms with Gasteiger partial charge >= 0.3 is 0 Å². The SMILES string of the molecule is CC1CCN(c2cccc(C3CCOCC3)n2)C(C(N)=O)C1. The molecule has 2 fully saturated rings. The first-order valence-electron chi connectivity index (χ1n) is 8.26. The lowest BCUT2D eigenvalue weighted by molar-refractivity contribution is -0.120. The summed E-state index contributed by atoms with van der Waals surface area (Å²) in [5.74, 6) is 1.64. The highest BCUT2D eigenvalue weighted by atomic mass is 16.5. The smallest absolute Gasteiger partial charge is 0.240 e. The molecule has 2 saturated heterocycles. The van der Waals surface area contributed by atoms with Gasteiger partial charge < -0.3 is 15.4 Å². The summed E-state index contributed by atoms with van der Waals surface area (Å²) in [4.78, 5) is 18.7. The van der Waals surface area contributed by atoms with Crippen molar-refractivity contribution in [3.05, 3.63) is 23.9 Å². The fourth-order valence-electron chi connectivity index (χ4n) is 3.51. The van der Waals surface area contributed by atoms with Crippen LogP contribution in [0.1, 0.15) is 44.2 Å². The average Bonchev–Trinajstić information content (AvgIpc) is 2.55. The molecule has 2 atom stereocenters. The maximum atomic E-state index is 11.8. The molecule has 3 heterocycles. The first-order chi connectivity index (χ1) is 10.6. The number of carbonyl (C=O) groups is 1. The number of piperidine rings is 1. The molecule has 3 rings (SSSR count). The molecular weight excluding hydrogens is 278 g/mol. The first kappa shape index (κ1) is 15.3. The summed E-state index contributed by atoms with van der Waals surface area (Å²) in [6.45, 7) is 4.64. The van der Waals surface area contributed by atoms with E-state index in [2.05, 4.69) is 17.9 Å².